The van der Waals surface area contributed by atoms with Crippen molar-refractivity contribution in [2.24, 2.45) is 5.73 Å². The molecule has 2 bridgehead atoms. The topological polar surface area (TPSA) is 60.2 Å². The fraction of sp³-hybridized carbons (Fsp3) is 0.500. The Morgan fingerprint density at radius 1 is 1.47 bits per heavy atom. The number of nitrogens with one attached hydrogen (secondary N) is 1. The Morgan fingerprint density at radius 3 is 2.88 bits per heavy atom. The van der Waals surface area contributed by atoms with Crippen molar-refractivity contribution in [1.29, 1.82) is 0 Å². The van der Waals surface area contributed by atoms with Crippen LogP contribution < -0.4 is 11.1 Å². The lowest BCUT2D eigenvalue weighted by atomic mass is 9.95. The van der Waals surface area contributed by atoms with E-state index in [1.165, 1.54) is 12.8 Å². The maximum atomic E-state index is 5.80. The van der Waals surface area contributed by atoms with Crippen molar-refractivity contribution in [2.45, 2.75) is 37.5 Å². The van der Waals surface area contributed by atoms with Gasteiger partial charge in [-0.1, -0.05) is 12.2 Å². The van der Waals surface area contributed by atoms with Crippen molar-refractivity contribution in [2.75, 3.05) is 5.32 Å². The summed E-state index contributed by atoms with van der Waals surface area (Å²) in [6.07, 6.45) is 6.08. The molecule has 3 N–H and O–H groups in total. The highest BCUT2D eigenvalue weighted by molar-refractivity contribution is 7.80. The standard InChI is InChI=1S/C12H15N3OS/c13-12(17)9-3-1-7(6-14-9)15-10-5-8-2-4-11(10)16-8/h1,3,6,8,10-11,15H,2,4-5H2,(H2,13,17). The maximum Gasteiger partial charge on any atom is 0.122 e. The van der Waals surface area contributed by atoms with Gasteiger partial charge >= 0.3 is 0 Å². The third-order valence-corrected chi connectivity index (χ3v) is 3.68. The molecule has 0 aliphatic carbocycles. The van der Waals surface area contributed by atoms with E-state index in [2.05, 4.69) is 10.3 Å². The zero-order valence-corrected chi connectivity index (χ0v) is 10.2. The number of nitrogens with zero attached hydrogens (tertiary/aromatic N) is 1. The van der Waals surface area contributed by atoms with Gasteiger partial charge in [-0.2, -0.15) is 0 Å². The Morgan fingerprint density at radius 2 is 2.35 bits per heavy atom. The minimum atomic E-state index is 0.333. The molecular formula is C12H15N3OS. The van der Waals surface area contributed by atoms with Crippen LogP contribution in [0.2, 0.25) is 0 Å². The number of hydrogen-bond donors (Lipinski definition) is 2. The molecule has 90 valence electrons. The van der Waals surface area contributed by atoms with Crippen LogP contribution in [0.3, 0.4) is 0 Å². The highest BCUT2D eigenvalue weighted by atomic mass is 32.1. The minimum absolute atomic E-state index is 0.333. The lowest BCUT2D eigenvalue weighted by Gasteiger charge is -2.21. The Hall–Kier alpha value is -1.20. The van der Waals surface area contributed by atoms with Crippen molar-refractivity contribution in [3.63, 3.8) is 0 Å². The third kappa shape index (κ3) is 2.12. The molecule has 2 saturated heterocycles. The second kappa shape index (κ2) is 4.23. The first-order valence-electron chi connectivity index (χ1n) is 5.90. The molecule has 3 rings (SSSR count). The predicted octanol–water partition coefficient (Wildman–Crippen LogP) is 1.45. The van der Waals surface area contributed by atoms with Crippen LogP contribution in [0.5, 0.6) is 0 Å². The van der Waals surface area contributed by atoms with E-state index in [0.29, 0.717) is 28.9 Å². The molecule has 3 heterocycles. The monoisotopic (exact) mass is 249 g/mol. The highest BCUT2D eigenvalue weighted by Gasteiger charge is 2.40. The van der Waals surface area contributed by atoms with Crippen molar-refractivity contribution in [1.82, 2.24) is 4.98 Å². The summed E-state index contributed by atoms with van der Waals surface area (Å²) in [6.45, 7) is 0. The Labute approximate surface area is 106 Å². The zero-order valence-electron chi connectivity index (χ0n) is 9.43. The van der Waals surface area contributed by atoms with Crippen LogP contribution >= 0.6 is 12.2 Å². The zero-order chi connectivity index (χ0) is 11.8. The van der Waals surface area contributed by atoms with E-state index in [0.717, 1.165) is 12.1 Å². The van der Waals surface area contributed by atoms with Crippen LogP contribution in [0.4, 0.5) is 5.69 Å². The second-order valence-electron chi connectivity index (χ2n) is 4.66. The molecule has 0 spiro atoms. The highest BCUT2D eigenvalue weighted by Crippen LogP contribution is 2.35. The number of rotatable bonds is 3. The van der Waals surface area contributed by atoms with E-state index in [-0.39, 0.29) is 0 Å². The summed E-state index contributed by atoms with van der Waals surface area (Å²) in [7, 11) is 0. The molecule has 2 aliphatic heterocycles. The Kier molecular flexibility index (Phi) is 2.72. The fourth-order valence-corrected chi connectivity index (χ4v) is 2.75. The summed E-state index contributed by atoms with van der Waals surface area (Å²) < 4.78 is 5.80. The average molecular weight is 249 g/mol. The van der Waals surface area contributed by atoms with Crippen LogP contribution in [-0.2, 0) is 4.74 Å². The van der Waals surface area contributed by atoms with Gasteiger partial charge in [0.15, 0.2) is 0 Å². The SMILES string of the molecule is NC(=S)c1ccc(NC2CC3CCC2O3)cn1. The summed E-state index contributed by atoms with van der Waals surface area (Å²) in [5.41, 5.74) is 7.17. The smallest absolute Gasteiger partial charge is 0.122 e. The Bertz CT molecular complexity index is 434. The van der Waals surface area contributed by atoms with Gasteiger partial charge in [0.05, 0.1) is 35.8 Å². The van der Waals surface area contributed by atoms with E-state index in [4.69, 9.17) is 22.7 Å². The summed E-state index contributed by atoms with van der Waals surface area (Å²) in [5, 5.41) is 3.47. The average Bonchev–Trinajstić information content (AvgIpc) is 2.91. The normalized spacial score (nSPS) is 30.5. The number of thiocarbonyl (C=S) groups is 1. The van der Waals surface area contributed by atoms with Gasteiger partial charge in [-0.25, -0.2) is 0 Å². The number of pyridine rings is 1. The van der Waals surface area contributed by atoms with Gasteiger partial charge in [-0.3, -0.25) is 4.98 Å². The molecule has 0 radical (unpaired) electrons. The lowest BCUT2D eigenvalue weighted by Crippen LogP contribution is -2.30. The van der Waals surface area contributed by atoms with E-state index < -0.39 is 0 Å². The largest absolute Gasteiger partial charge is 0.388 e. The minimum Gasteiger partial charge on any atom is -0.388 e. The van der Waals surface area contributed by atoms with Crippen LogP contribution in [0.1, 0.15) is 25.0 Å². The third-order valence-electron chi connectivity index (χ3n) is 3.47. The molecule has 0 aromatic carbocycles. The number of hydrogen-bond acceptors (Lipinski definition) is 4. The molecule has 2 fully saturated rings. The quantitative estimate of drug-likeness (QED) is 0.794. The van der Waals surface area contributed by atoms with Crippen molar-refractivity contribution in [3.05, 3.63) is 24.0 Å². The number of aromatic nitrogens is 1. The van der Waals surface area contributed by atoms with Crippen molar-refractivity contribution in [3.8, 4) is 0 Å². The van der Waals surface area contributed by atoms with Gasteiger partial charge in [0.1, 0.15) is 4.99 Å². The van der Waals surface area contributed by atoms with Gasteiger partial charge in [-0.05, 0) is 31.4 Å². The van der Waals surface area contributed by atoms with Crippen LogP contribution in [0, 0.1) is 0 Å². The second-order valence-corrected chi connectivity index (χ2v) is 5.10. The number of nitrogens with two attached hydrogens (primary N) is 1. The summed E-state index contributed by atoms with van der Waals surface area (Å²) in [4.78, 5) is 4.55. The van der Waals surface area contributed by atoms with Crippen LogP contribution in [-0.4, -0.2) is 28.2 Å². The molecule has 1 aromatic heterocycles. The molecule has 17 heavy (non-hydrogen) atoms. The Balaban J connectivity index is 1.67. The molecule has 0 amide bonds. The molecule has 0 saturated carbocycles. The fourth-order valence-electron chi connectivity index (χ4n) is 2.63. The van der Waals surface area contributed by atoms with E-state index >= 15 is 0 Å². The van der Waals surface area contributed by atoms with Crippen LogP contribution in [0.15, 0.2) is 18.3 Å². The molecule has 4 nitrogen and oxygen atoms in total. The van der Waals surface area contributed by atoms with Gasteiger partial charge < -0.3 is 15.8 Å². The molecule has 1 aromatic rings. The van der Waals surface area contributed by atoms with Gasteiger partial charge in [0.25, 0.3) is 0 Å². The molecule has 2 aliphatic rings. The number of ether oxygens (including phenoxy) is 1. The molecule has 5 heteroatoms. The first-order valence-corrected chi connectivity index (χ1v) is 6.31. The number of anilines is 1. The molecule has 3 atom stereocenters. The summed E-state index contributed by atoms with van der Waals surface area (Å²) in [6, 6.07) is 4.23. The molecular weight excluding hydrogens is 234 g/mol. The summed E-state index contributed by atoms with van der Waals surface area (Å²) >= 11 is 4.87. The summed E-state index contributed by atoms with van der Waals surface area (Å²) in [5.74, 6) is 0. The molecule has 3 unspecified atom stereocenters. The lowest BCUT2D eigenvalue weighted by molar-refractivity contribution is 0.102. The van der Waals surface area contributed by atoms with Crippen molar-refractivity contribution >= 4 is 22.9 Å². The first-order chi connectivity index (χ1) is 8.22. The maximum absolute atomic E-state index is 5.80. The van der Waals surface area contributed by atoms with E-state index in [1.807, 2.05) is 12.1 Å². The van der Waals surface area contributed by atoms with E-state index in [1.54, 1.807) is 6.20 Å². The van der Waals surface area contributed by atoms with Gasteiger partial charge in [0, 0.05) is 0 Å². The predicted molar refractivity (Wildman–Crippen MR) is 70.0 cm³/mol. The van der Waals surface area contributed by atoms with Crippen molar-refractivity contribution < 1.29 is 4.74 Å². The van der Waals surface area contributed by atoms with E-state index in [9.17, 15) is 0 Å². The number of fused-ring (bicyclic) bond motifs is 2. The van der Waals surface area contributed by atoms with Crippen LogP contribution in [0.25, 0.3) is 0 Å². The van der Waals surface area contributed by atoms with Gasteiger partial charge in [-0.15, -0.1) is 0 Å². The first kappa shape index (κ1) is 10.9. The van der Waals surface area contributed by atoms with Gasteiger partial charge in [0.2, 0.25) is 0 Å².